The average Bonchev–Trinajstić information content (AvgIpc) is 2.23. The molecule has 0 spiro atoms. The third-order valence-corrected chi connectivity index (χ3v) is 2.90. The molecule has 0 aliphatic carbocycles. The lowest BCUT2D eigenvalue weighted by molar-refractivity contribution is -0.151. The Balaban J connectivity index is 4.63. The molecule has 4 heteroatoms. The molecule has 0 aromatic heterocycles. The highest BCUT2D eigenvalue weighted by atomic mass is 16.5. The van der Waals surface area contributed by atoms with E-state index in [1.807, 2.05) is 34.6 Å². The van der Waals surface area contributed by atoms with Gasteiger partial charge in [-0.3, -0.25) is 9.59 Å². The van der Waals surface area contributed by atoms with Gasteiger partial charge in [-0.05, 0) is 26.7 Å². The average molecular weight is 243 g/mol. The molecule has 0 bridgehead atoms. The fraction of sp³-hybridized carbons (Fsp3) is 0.846. The van der Waals surface area contributed by atoms with Crippen LogP contribution in [0, 0.1) is 11.8 Å². The lowest BCUT2D eigenvalue weighted by atomic mass is 9.96. The van der Waals surface area contributed by atoms with Crippen molar-refractivity contribution in [2.24, 2.45) is 11.8 Å². The van der Waals surface area contributed by atoms with Gasteiger partial charge in [0.05, 0.1) is 6.61 Å². The monoisotopic (exact) mass is 243 g/mol. The molecule has 1 atom stereocenters. The highest BCUT2D eigenvalue weighted by Gasteiger charge is 2.26. The second kappa shape index (κ2) is 7.30. The van der Waals surface area contributed by atoms with Crippen molar-refractivity contribution in [1.29, 1.82) is 0 Å². The number of amides is 1. The van der Waals surface area contributed by atoms with E-state index in [9.17, 15) is 9.59 Å². The Bertz CT molecular complexity index is 261. The third kappa shape index (κ3) is 5.20. The van der Waals surface area contributed by atoms with Gasteiger partial charge in [0.25, 0.3) is 0 Å². The number of rotatable bonds is 6. The van der Waals surface area contributed by atoms with Crippen LogP contribution in [-0.2, 0) is 14.3 Å². The fourth-order valence-corrected chi connectivity index (χ4v) is 1.41. The van der Waals surface area contributed by atoms with Crippen LogP contribution in [-0.4, -0.2) is 36.0 Å². The van der Waals surface area contributed by atoms with Crippen LogP contribution < -0.4 is 0 Å². The van der Waals surface area contributed by atoms with Crippen LogP contribution in [0.3, 0.4) is 0 Å². The van der Waals surface area contributed by atoms with Gasteiger partial charge in [-0.25, -0.2) is 0 Å². The van der Waals surface area contributed by atoms with E-state index in [1.54, 1.807) is 11.8 Å². The molecule has 100 valence electrons. The fourth-order valence-electron chi connectivity index (χ4n) is 1.41. The topological polar surface area (TPSA) is 46.6 Å². The van der Waals surface area contributed by atoms with Crippen LogP contribution in [0.5, 0.6) is 0 Å². The summed E-state index contributed by atoms with van der Waals surface area (Å²) in [6, 6.07) is 0.00751. The molecule has 0 fully saturated rings. The zero-order valence-corrected chi connectivity index (χ0v) is 11.8. The number of hydrogen-bond acceptors (Lipinski definition) is 3. The predicted molar refractivity (Wildman–Crippen MR) is 67.5 cm³/mol. The van der Waals surface area contributed by atoms with Gasteiger partial charge in [-0.15, -0.1) is 0 Å². The van der Waals surface area contributed by atoms with Crippen LogP contribution in [0.1, 0.15) is 41.5 Å². The number of hydrogen-bond donors (Lipinski definition) is 0. The van der Waals surface area contributed by atoms with E-state index in [1.165, 1.54) is 0 Å². The van der Waals surface area contributed by atoms with Gasteiger partial charge in [-0.1, -0.05) is 20.8 Å². The van der Waals surface area contributed by atoms with E-state index >= 15 is 0 Å². The molecule has 4 nitrogen and oxygen atoms in total. The first-order chi connectivity index (χ1) is 7.81. The Labute approximate surface area is 104 Å². The van der Waals surface area contributed by atoms with E-state index in [0.29, 0.717) is 6.61 Å². The van der Waals surface area contributed by atoms with E-state index in [4.69, 9.17) is 4.74 Å². The van der Waals surface area contributed by atoms with Gasteiger partial charge < -0.3 is 9.64 Å². The van der Waals surface area contributed by atoms with Crippen LogP contribution in [0.2, 0.25) is 0 Å². The van der Waals surface area contributed by atoms with Crippen molar-refractivity contribution >= 4 is 11.9 Å². The smallest absolute Gasteiger partial charge is 0.325 e. The molecule has 0 aliphatic rings. The number of ether oxygens (including phenoxy) is 1. The highest BCUT2D eigenvalue weighted by Crippen LogP contribution is 2.15. The van der Waals surface area contributed by atoms with Crippen molar-refractivity contribution in [2.75, 3.05) is 13.2 Å². The van der Waals surface area contributed by atoms with Crippen molar-refractivity contribution < 1.29 is 14.3 Å². The van der Waals surface area contributed by atoms with Gasteiger partial charge >= 0.3 is 5.97 Å². The summed E-state index contributed by atoms with van der Waals surface area (Å²) in [5.41, 5.74) is 0. The van der Waals surface area contributed by atoms with Gasteiger partial charge in [-0.2, -0.15) is 0 Å². The molecule has 1 unspecified atom stereocenters. The molecule has 0 aromatic rings. The Morgan fingerprint density at radius 1 is 1.12 bits per heavy atom. The first-order valence-electron chi connectivity index (χ1n) is 6.27. The lowest BCUT2D eigenvalue weighted by Crippen LogP contribution is -2.44. The molecule has 0 saturated heterocycles. The molecule has 0 N–H and O–H groups in total. The Morgan fingerprint density at radius 3 is 2.00 bits per heavy atom. The minimum Gasteiger partial charge on any atom is -0.465 e. The Morgan fingerprint density at radius 2 is 1.65 bits per heavy atom. The van der Waals surface area contributed by atoms with Crippen LogP contribution in [0.4, 0.5) is 0 Å². The first kappa shape index (κ1) is 15.9. The Hall–Kier alpha value is -1.06. The number of nitrogens with zero attached hydrogens (tertiary/aromatic N) is 1. The van der Waals surface area contributed by atoms with Crippen molar-refractivity contribution in [3.05, 3.63) is 0 Å². The van der Waals surface area contributed by atoms with E-state index < -0.39 is 0 Å². The first-order valence-corrected chi connectivity index (χ1v) is 6.27. The number of carbonyl (C=O) groups is 2. The minimum atomic E-state index is -0.342. The van der Waals surface area contributed by atoms with Crippen molar-refractivity contribution in [2.45, 2.75) is 47.6 Å². The second-order valence-electron chi connectivity index (χ2n) is 4.90. The molecular formula is C13H25NO3. The molecule has 1 amide bonds. The third-order valence-electron chi connectivity index (χ3n) is 2.90. The van der Waals surface area contributed by atoms with E-state index in [0.717, 1.165) is 0 Å². The Kier molecular flexibility index (Phi) is 6.85. The summed E-state index contributed by atoms with van der Waals surface area (Å²) in [6.45, 7) is 11.9. The van der Waals surface area contributed by atoms with Gasteiger partial charge in [0.2, 0.25) is 5.91 Å². The minimum absolute atomic E-state index is 0.00751. The van der Waals surface area contributed by atoms with Gasteiger partial charge in [0.15, 0.2) is 0 Å². The van der Waals surface area contributed by atoms with Crippen LogP contribution in [0.15, 0.2) is 0 Å². The maximum Gasteiger partial charge on any atom is 0.325 e. The maximum atomic E-state index is 12.2. The second-order valence-corrected chi connectivity index (χ2v) is 4.90. The number of esters is 1. The van der Waals surface area contributed by atoms with Crippen LogP contribution >= 0.6 is 0 Å². The normalized spacial score (nSPS) is 12.7. The predicted octanol–water partition coefficient (Wildman–Crippen LogP) is 2.08. The maximum absolute atomic E-state index is 12.2. The summed E-state index contributed by atoms with van der Waals surface area (Å²) in [4.78, 5) is 25.2. The number of carbonyl (C=O) groups excluding carboxylic acids is 2. The molecule has 0 radical (unpaired) electrons. The van der Waals surface area contributed by atoms with Crippen molar-refractivity contribution in [3.63, 3.8) is 0 Å². The van der Waals surface area contributed by atoms with Crippen LogP contribution in [0.25, 0.3) is 0 Å². The van der Waals surface area contributed by atoms with Gasteiger partial charge in [0, 0.05) is 12.0 Å². The molecule has 17 heavy (non-hydrogen) atoms. The summed E-state index contributed by atoms with van der Waals surface area (Å²) < 4.78 is 4.88. The summed E-state index contributed by atoms with van der Waals surface area (Å²) in [6.07, 6.45) is 0. The molecular weight excluding hydrogens is 218 g/mol. The summed E-state index contributed by atoms with van der Waals surface area (Å²) >= 11 is 0. The molecule has 0 saturated carbocycles. The summed E-state index contributed by atoms with van der Waals surface area (Å²) in [5.74, 6) is -0.133. The molecule has 0 aromatic carbocycles. The molecule has 0 aliphatic heterocycles. The SMILES string of the molecule is CCOC(=O)CN(C(=O)C(C)C(C)C)C(C)C. The lowest BCUT2D eigenvalue weighted by Gasteiger charge is -2.29. The van der Waals surface area contributed by atoms with E-state index in [2.05, 4.69) is 0 Å². The zero-order chi connectivity index (χ0) is 13.6. The largest absolute Gasteiger partial charge is 0.465 e. The molecule has 0 rings (SSSR count). The van der Waals surface area contributed by atoms with Crippen molar-refractivity contribution in [1.82, 2.24) is 4.90 Å². The van der Waals surface area contributed by atoms with Gasteiger partial charge in [0.1, 0.15) is 6.54 Å². The standard InChI is InChI=1S/C13H25NO3/c1-7-17-12(15)8-14(10(4)5)13(16)11(6)9(2)3/h9-11H,7-8H2,1-6H3. The summed E-state index contributed by atoms with van der Waals surface area (Å²) in [5, 5.41) is 0. The molecule has 0 heterocycles. The van der Waals surface area contributed by atoms with Crippen molar-refractivity contribution in [3.8, 4) is 0 Å². The quantitative estimate of drug-likeness (QED) is 0.671. The highest BCUT2D eigenvalue weighted by molar-refractivity contribution is 5.83. The van der Waals surface area contributed by atoms with E-state index in [-0.39, 0.29) is 36.3 Å². The zero-order valence-electron chi connectivity index (χ0n) is 11.8. The summed E-state index contributed by atoms with van der Waals surface area (Å²) in [7, 11) is 0.